The Morgan fingerprint density at radius 3 is 2.72 bits per heavy atom. The molecule has 96 valence electrons. The van der Waals surface area contributed by atoms with E-state index in [1.807, 2.05) is 12.1 Å². The standard InChI is InChI=1S/C15H19ClN2/c1-2-18-12(11-17-8-3-4-9-17)10-13-14(16)6-5-7-15(13)18/h5-7,10H,2-4,8-9,11H2,1H3. The van der Waals surface area contributed by atoms with Gasteiger partial charge in [0.25, 0.3) is 0 Å². The van der Waals surface area contributed by atoms with Gasteiger partial charge in [-0.3, -0.25) is 4.90 Å². The summed E-state index contributed by atoms with van der Waals surface area (Å²) in [5.41, 5.74) is 2.65. The molecule has 2 heterocycles. The molecule has 3 heteroatoms. The Labute approximate surface area is 113 Å². The van der Waals surface area contributed by atoms with Gasteiger partial charge in [-0.05, 0) is 51.1 Å². The molecule has 0 spiro atoms. The SMILES string of the molecule is CCn1c(CN2CCCC2)cc2c(Cl)cccc21. The van der Waals surface area contributed by atoms with Crippen molar-refractivity contribution in [2.24, 2.45) is 0 Å². The minimum atomic E-state index is 0.863. The van der Waals surface area contributed by atoms with E-state index in [2.05, 4.69) is 28.5 Å². The average Bonchev–Trinajstić information content (AvgIpc) is 2.97. The van der Waals surface area contributed by atoms with E-state index < -0.39 is 0 Å². The normalized spacial score (nSPS) is 16.8. The van der Waals surface area contributed by atoms with Gasteiger partial charge in [0.2, 0.25) is 0 Å². The van der Waals surface area contributed by atoms with Crippen molar-refractivity contribution < 1.29 is 0 Å². The lowest BCUT2D eigenvalue weighted by Crippen LogP contribution is -2.20. The van der Waals surface area contributed by atoms with Crippen LogP contribution in [0.3, 0.4) is 0 Å². The van der Waals surface area contributed by atoms with Crippen LogP contribution in [0.2, 0.25) is 5.02 Å². The topological polar surface area (TPSA) is 8.17 Å². The molecule has 0 saturated carbocycles. The van der Waals surface area contributed by atoms with Crippen LogP contribution in [0, 0.1) is 0 Å². The van der Waals surface area contributed by atoms with E-state index in [-0.39, 0.29) is 0 Å². The quantitative estimate of drug-likeness (QED) is 0.814. The van der Waals surface area contributed by atoms with E-state index in [0.29, 0.717) is 0 Å². The maximum absolute atomic E-state index is 6.29. The van der Waals surface area contributed by atoms with Crippen molar-refractivity contribution in [2.45, 2.75) is 32.9 Å². The molecule has 1 saturated heterocycles. The van der Waals surface area contributed by atoms with E-state index in [0.717, 1.165) is 18.1 Å². The van der Waals surface area contributed by atoms with Crippen LogP contribution < -0.4 is 0 Å². The maximum Gasteiger partial charge on any atom is 0.0499 e. The largest absolute Gasteiger partial charge is 0.344 e. The van der Waals surface area contributed by atoms with Gasteiger partial charge in [0.15, 0.2) is 0 Å². The second-order valence-corrected chi connectivity index (χ2v) is 5.44. The van der Waals surface area contributed by atoms with Gasteiger partial charge < -0.3 is 4.57 Å². The molecule has 3 rings (SSSR count). The Balaban J connectivity index is 2.02. The molecular formula is C15H19ClN2. The van der Waals surface area contributed by atoms with Gasteiger partial charge in [-0.25, -0.2) is 0 Å². The molecule has 0 bridgehead atoms. The molecule has 18 heavy (non-hydrogen) atoms. The molecule has 1 aliphatic heterocycles. The van der Waals surface area contributed by atoms with Crippen molar-refractivity contribution in [1.82, 2.24) is 9.47 Å². The number of rotatable bonds is 3. The summed E-state index contributed by atoms with van der Waals surface area (Å²) < 4.78 is 2.39. The Morgan fingerprint density at radius 2 is 2.00 bits per heavy atom. The van der Waals surface area contributed by atoms with Crippen LogP contribution in [-0.2, 0) is 13.1 Å². The summed E-state index contributed by atoms with van der Waals surface area (Å²) >= 11 is 6.29. The highest BCUT2D eigenvalue weighted by atomic mass is 35.5. The highest BCUT2D eigenvalue weighted by molar-refractivity contribution is 6.35. The molecule has 2 aromatic rings. The minimum Gasteiger partial charge on any atom is -0.344 e. The first-order valence-electron chi connectivity index (χ1n) is 6.78. The van der Waals surface area contributed by atoms with Crippen molar-refractivity contribution in [3.05, 3.63) is 35.0 Å². The summed E-state index contributed by atoms with van der Waals surface area (Å²) in [5, 5.41) is 2.05. The zero-order valence-corrected chi connectivity index (χ0v) is 11.6. The smallest absolute Gasteiger partial charge is 0.0499 e. The van der Waals surface area contributed by atoms with Crippen LogP contribution in [0.1, 0.15) is 25.5 Å². The summed E-state index contributed by atoms with van der Waals surface area (Å²) in [4.78, 5) is 2.54. The second-order valence-electron chi connectivity index (χ2n) is 5.04. The molecule has 0 atom stereocenters. The van der Waals surface area contributed by atoms with Crippen molar-refractivity contribution in [2.75, 3.05) is 13.1 Å². The van der Waals surface area contributed by atoms with Crippen molar-refractivity contribution in [3.63, 3.8) is 0 Å². The van der Waals surface area contributed by atoms with Gasteiger partial charge in [-0.15, -0.1) is 0 Å². The number of aryl methyl sites for hydroxylation is 1. The molecule has 1 aliphatic rings. The maximum atomic E-state index is 6.29. The highest BCUT2D eigenvalue weighted by Gasteiger charge is 2.16. The number of fused-ring (bicyclic) bond motifs is 1. The number of halogens is 1. The van der Waals surface area contributed by atoms with Crippen LogP contribution in [-0.4, -0.2) is 22.6 Å². The first-order chi connectivity index (χ1) is 8.79. The van der Waals surface area contributed by atoms with E-state index in [9.17, 15) is 0 Å². The number of aromatic nitrogens is 1. The lowest BCUT2D eigenvalue weighted by Gasteiger charge is -2.16. The molecule has 1 fully saturated rings. The average molecular weight is 263 g/mol. The monoisotopic (exact) mass is 262 g/mol. The first kappa shape index (κ1) is 12.1. The van der Waals surface area contributed by atoms with E-state index in [4.69, 9.17) is 11.6 Å². The molecular weight excluding hydrogens is 244 g/mol. The van der Waals surface area contributed by atoms with Gasteiger partial charge in [0, 0.05) is 34.7 Å². The van der Waals surface area contributed by atoms with Crippen molar-refractivity contribution >= 4 is 22.5 Å². The Bertz CT molecular complexity index is 553. The van der Waals surface area contributed by atoms with Crippen LogP contribution in [0.25, 0.3) is 10.9 Å². The van der Waals surface area contributed by atoms with Gasteiger partial charge in [0.05, 0.1) is 0 Å². The zero-order valence-electron chi connectivity index (χ0n) is 10.8. The Kier molecular flexibility index (Phi) is 3.31. The van der Waals surface area contributed by atoms with E-state index in [1.165, 1.54) is 42.5 Å². The van der Waals surface area contributed by atoms with Crippen LogP contribution in [0.5, 0.6) is 0 Å². The van der Waals surface area contributed by atoms with Crippen molar-refractivity contribution in [3.8, 4) is 0 Å². The number of benzene rings is 1. The summed E-state index contributed by atoms with van der Waals surface area (Å²) in [7, 11) is 0. The first-order valence-corrected chi connectivity index (χ1v) is 7.16. The molecule has 0 amide bonds. The third kappa shape index (κ3) is 2.04. The highest BCUT2D eigenvalue weighted by Crippen LogP contribution is 2.28. The molecule has 2 nitrogen and oxygen atoms in total. The molecule has 1 aromatic heterocycles. The number of likely N-dealkylation sites (tertiary alicyclic amines) is 1. The fourth-order valence-corrected chi connectivity index (χ4v) is 3.20. The van der Waals surface area contributed by atoms with Gasteiger partial charge in [0.1, 0.15) is 0 Å². The summed E-state index contributed by atoms with van der Waals surface area (Å²) in [5.74, 6) is 0. The lowest BCUT2D eigenvalue weighted by atomic mass is 10.2. The van der Waals surface area contributed by atoms with Crippen molar-refractivity contribution in [1.29, 1.82) is 0 Å². The zero-order chi connectivity index (χ0) is 12.5. The van der Waals surface area contributed by atoms with Crippen LogP contribution in [0.4, 0.5) is 0 Å². The lowest BCUT2D eigenvalue weighted by molar-refractivity contribution is 0.322. The van der Waals surface area contributed by atoms with Crippen LogP contribution in [0.15, 0.2) is 24.3 Å². The van der Waals surface area contributed by atoms with Crippen LogP contribution >= 0.6 is 11.6 Å². The van der Waals surface area contributed by atoms with Gasteiger partial charge in [-0.1, -0.05) is 17.7 Å². The predicted molar refractivity (Wildman–Crippen MR) is 77.1 cm³/mol. The van der Waals surface area contributed by atoms with Gasteiger partial charge >= 0.3 is 0 Å². The molecule has 0 aliphatic carbocycles. The fourth-order valence-electron chi connectivity index (χ4n) is 2.98. The number of nitrogens with zero attached hydrogens (tertiary/aromatic N) is 2. The molecule has 0 unspecified atom stereocenters. The fraction of sp³-hybridized carbons (Fsp3) is 0.467. The third-order valence-corrected chi connectivity index (χ3v) is 4.21. The number of hydrogen-bond donors (Lipinski definition) is 0. The Morgan fingerprint density at radius 1 is 1.22 bits per heavy atom. The second kappa shape index (κ2) is 4.94. The summed E-state index contributed by atoms with van der Waals surface area (Å²) in [6.45, 7) is 6.73. The minimum absolute atomic E-state index is 0.863. The molecule has 1 aromatic carbocycles. The summed E-state index contributed by atoms with van der Waals surface area (Å²) in [6.07, 6.45) is 2.68. The molecule has 0 N–H and O–H groups in total. The summed E-state index contributed by atoms with van der Waals surface area (Å²) in [6, 6.07) is 8.44. The number of hydrogen-bond acceptors (Lipinski definition) is 1. The van der Waals surface area contributed by atoms with E-state index in [1.54, 1.807) is 0 Å². The van der Waals surface area contributed by atoms with E-state index >= 15 is 0 Å². The predicted octanol–water partition coefficient (Wildman–Crippen LogP) is 3.91. The molecule has 0 radical (unpaired) electrons. The third-order valence-electron chi connectivity index (χ3n) is 3.88. The Hall–Kier alpha value is -0.990. The van der Waals surface area contributed by atoms with Gasteiger partial charge in [-0.2, -0.15) is 0 Å².